The van der Waals surface area contributed by atoms with E-state index in [-0.39, 0.29) is 5.91 Å². The third kappa shape index (κ3) is 3.49. The van der Waals surface area contributed by atoms with E-state index in [1.165, 1.54) is 23.3 Å². The van der Waals surface area contributed by atoms with Crippen molar-refractivity contribution in [2.24, 2.45) is 0 Å². The lowest BCUT2D eigenvalue weighted by Gasteiger charge is -2.11. The summed E-state index contributed by atoms with van der Waals surface area (Å²) in [5.74, 6) is -0.692. The first-order valence-corrected chi connectivity index (χ1v) is 9.05. The number of hydrogen-bond acceptors (Lipinski definition) is 2. The van der Waals surface area contributed by atoms with Crippen LogP contribution >= 0.6 is 0 Å². The number of aromatic nitrogens is 1. The Morgan fingerprint density at radius 3 is 2.50 bits per heavy atom. The van der Waals surface area contributed by atoms with Crippen molar-refractivity contribution in [3.63, 3.8) is 0 Å². The second-order valence-electron chi connectivity index (χ2n) is 6.84. The number of nitrogens with zero attached hydrogens (tertiary/aromatic N) is 1. The average Bonchev–Trinajstić information content (AvgIpc) is 2.69. The molecule has 4 heteroatoms. The fourth-order valence-corrected chi connectivity index (χ4v) is 3.18. The van der Waals surface area contributed by atoms with Crippen molar-refractivity contribution >= 4 is 22.5 Å². The zero-order valence-corrected chi connectivity index (χ0v) is 15.7. The van der Waals surface area contributed by atoms with Crippen LogP contribution in [0.2, 0.25) is 0 Å². The summed E-state index contributed by atoms with van der Waals surface area (Å²) in [6.07, 6.45) is 0. The Balaban J connectivity index is 1.82. The SMILES string of the molecule is Cc1ccc(-c2cc(C(=O)Nc3cccc(F)c3)c3ccccc3n2)cc1C. The third-order valence-electron chi connectivity index (χ3n) is 4.85. The van der Waals surface area contributed by atoms with Crippen molar-refractivity contribution in [2.45, 2.75) is 13.8 Å². The molecule has 0 aliphatic heterocycles. The Kier molecular flexibility index (Phi) is 4.62. The van der Waals surface area contributed by atoms with E-state index in [0.29, 0.717) is 11.3 Å². The monoisotopic (exact) mass is 370 g/mol. The molecule has 0 atom stereocenters. The van der Waals surface area contributed by atoms with Crippen LogP contribution in [-0.4, -0.2) is 10.9 Å². The quantitative estimate of drug-likeness (QED) is 0.487. The molecule has 0 saturated heterocycles. The van der Waals surface area contributed by atoms with Crippen molar-refractivity contribution in [3.05, 3.63) is 95.3 Å². The molecule has 1 amide bonds. The van der Waals surface area contributed by atoms with Crippen LogP contribution in [-0.2, 0) is 0 Å². The number of benzene rings is 3. The van der Waals surface area contributed by atoms with Crippen molar-refractivity contribution in [3.8, 4) is 11.3 Å². The number of hydrogen-bond donors (Lipinski definition) is 1. The molecule has 0 spiro atoms. The molecule has 0 bridgehead atoms. The maximum absolute atomic E-state index is 13.5. The molecule has 0 saturated carbocycles. The number of aryl methyl sites for hydroxylation is 2. The maximum atomic E-state index is 13.5. The molecular formula is C24H19FN2O. The number of nitrogens with one attached hydrogen (secondary N) is 1. The Morgan fingerprint density at radius 2 is 1.71 bits per heavy atom. The molecule has 0 aliphatic rings. The predicted octanol–water partition coefficient (Wildman–Crippen LogP) is 5.91. The number of fused-ring (bicyclic) bond motifs is 1. The van der Waals surface area contributed by atoms with Crippen LogP contribution < -0.4 is 5.32 Å². The summed E-state index contributed by atoms with van der Waals surface area (Å²) >= 11 is 0. The highest BCUT2D eigenvalue weighted by molar-refractivity contribution is 6.13. The van der Waals surface area contributed by atoms with Crippen LogP contribution in [0.5, 0.6) is 0 Å². The second kappa shape index (κ2) is 7.24. The van der Waals surface area contributed by atoms with E-state index in [4.69, 9.17) is 4.98 Å². The topological polar surface area (TPSA) is 42.0 Å². The normalized spacial score (nSPS) is 10.8. The summed E-state index contributed by atoms with van der Waals surface area (Å²) in [6, 6.07) is 21.3. The summed E-state index contributed by atoms with van der Waals surface area (Å²) in [5, 5.41) is 3.54. The summed E-state index contributed by atoms with van der Waals surface area (Å²) in [4.78, 5) is 17.7. The fourth-order valence-electron chi connectivity index (χ4n) is 3.18. The van der Waals surface area contributed by atoms with Gasteiger partial charge in [-0.2, -0.15) is 0 Å². The lowest BCUT2D eigenvalue weighted by atomic mass is 10.0. The van der Waals surface area contributed by atoms with Gasteiger partial charge in [0, 0.05) is 16.6 Å². The summed E-state index contributed by atoms with van der Waals surface area (Å²) in [6.45, 7) is 4.11. The molecule has 0 fully saturated rings. The molecule has 0 radical (unpaired) electrons. The van der Waals surface area contributed by atoms with Gasteiger partial charge in [-0.1, -0.05) is 36.4 Å². The highest BCUT2D eigenvalue weighted by atomic mass is 19.1. The highest BCUT2D eigenvalue weighted by Crippen LogP contribution is 2.27. The number of halogens is 1. The maximum Gasteiger partial charge on any atom is 0.256 e. The van der Waals surface area contributed by atoms with Crippen molar-refractivity contribution in [1.29, 1.82) is 0 Å². The molecule has 4 rings (SSSR count). The van der Waals surface area contributed by atoms with E-state index in [0.717, 1.165) is 22.2 Å². The van der Waals surface area contributed by atoms with Gasteiger partial charge in [0.05, 0.1) is 16.8 Å². The molecule has 0 unspecified atom stereocenters. The van der Waals surface area contributed by atoms with Gasteiger partial charge in [-0.05, 0) is 61.4 Å². The summed E-state index contributed by atoms with van der Waals surface area (Å²) in [5.41, 5.74) is 5.70. The van der Waals surface area contributed by atoms with Gasteiger partial charge in [0.25, 0.3) is 5.91 Å². The molecular weight excluding hydrogens is 351 g/mol. The molecule has 138 valence electrons. The highest BCUT2D eigenvalue weighted by Gasteiger charge is 2.14. The molecule has 3 nitrogen and oxygen atoms in total. The Hall–Kier alpha value is -3.53. The van der Waals surface area contributed by atoms with Crippen molar-refractivity contribution in [1.82, 2.24) is 4.98 Å². The zero-order valence-electron chi connectivity index (χ0n) is 15.7. The van der Waals surface area contributed by atoms with Gasteiger partial charge in [0.1, 0.15) is 5.82 Å². The first-order valence-electron chi connectivity index (χ1n) is 9.05. The Labute approximate surface area is 162 Å². The number of pyridine rings is 1. The number of carbonyl (C=O) groups is 1. The Bertz CT molecular complexity index is 1200. The number of anilines is 1. The van der Waals surface area contributed by atoms with E-state index in [2.05, 4.69) is 25.2 Å². The molecule has 3 aromatic carbocycles. The molecule has 1 aromatic heterocycles. The van der Waals surface area contributed by atoms with Gasteiger partial charge in [-0.25, -0.2) is 9.37 Å². The van der Waals surface area contributed by atoms with Gasteiger partial charge in [-0.15, -0.1) is 0 Å². The van der Waals surface area contributed by atoms with Crippen LogP contribution in [0, 0.1) is 19.7 Å². The van der Waals surface area contributed by atoms with Crippen LogP contribution in [0.3, 0.4) is 0 Å². The number of amides is 1. The van der Waals surface area contributed by atoms with Gasteiger partial charge >= 0.3 is 0 Å². The second-order valence-corrected chi connectivity index (χ2v) is 6.84. The molecule has 1 heterocycles. The number of carbonyl (C=O) groups excluding carboxylic acids is 1. The largest absolute Gasteiger partial charge is 0.322 e. The Morgan fingerprint density at radius 1 is 0.893 bits per heavy atom. The average molecular weight is 370 g/mol. The summed E-state index contributed by atoms with van der Waals surface area (Å²) < 4.78 is 13.5. The first kappa shape index (κ1) is 17.9. The van der Waals surface area contributed by atoms with E-state index < -0.39 is 5.82 Å². The number of rotatable bonds is 3. The minimum atomic E-state index is -0.395. The minimum Gasteiger partial charge on any atom is -0.322 e. The first-order chi connectivity index (χ1) is 13.5. The fraction of sp³-hybridized carbons (Fsp3) is 0.0833. The molecule has 0 aliphatic carbocycles. The van der Waals surface area contributed by atoms with E-state index >= 15 is 0 Å². The zero-order chi connectivity index (χ0) is 19.7. The van der Waals surface area contributed by atoms with Crippen molar-refractivity contribution in [2.75, 3.05) is 5.32 Å². The van der Waals surface area contributed by atoms with Crippen LogP contribution in [0.15, 0.2) is 72.8 Å². The minimum absolute atomic E-state index is 0.297. The van der Waals surface area contributed by atoms with Gasteiger partial charge in [0.15, 0.2) is 0 Å². The molecule has 28 heavy (non-hydrogen) atoms. The summed E-state index contributed by atoms with van der Waals surface area (Å²) in [7, 11) is 0. The van der Waals surface area contributed by atoms with Crippen molar-refractivity contribution < 1.29 is 9.18 Å². The van der Waals surface area contributed by atoms with E-state index in [1.807, 2.05) is 36.4 Å². The number of para-hydroxylation sites is 1. The van der Waals surface area contributed by atoms with E-state index in [9.17, 15) is 9.18 Å². The predicted molar refractivity (Wildman–Crippen MR) is 111 cm³/mol. The van der Waals surface area contributed by atoms with Crippen LogP contribution in [0.1, 0.15) is 21.5 Å². The van der Waals surface area contributed by atoms with Crippen LogP contribution in [0.25, 0.3) is 22.2 Å². The third-order valence-corrected chi connectivity index (χ3v) is 4.85. The standard InChI is InChI=1S/C24H19FN2O/c1-15-10-11-17(12-16(15)2)23-14-21(20-8-3-4-9-22(20)27-23)24(28)26-19-7-5-6-18(25)13-19/h3-14H,1-2H3,(H,26,28). The molecule has 4 aromatic rings. The smallest absolute Gasteiger partial charge is 0.256 e. The van der Waals surface area contributed by atoms with Gasteiger partial charge in [-0.3, -0.25) is 4.79 Å². The van der Waals surface area contributed by atoms with Gasteiger partial charge < -0.3 is 5.32 Å². The lowest BCUT2D eigenvalue weighted by molar-refractivity contribution is 0.102. The molecule has 1 N–H and O–H groups in total. The van der Waals surface area contributed by atoms with Gasteiger partial charge in [0.2, 0.25) is 0 Å². The van der Waals surface area contributed by atoms with E-state index in [1.54, 1.807) is 18.2 Å². The lowest BCUT2D eigenvalue weighted by Crippen LogP contribution is -2.13. The van der Waals surface area contributed by atoms with Crippen LogP contribution in [0.4, 0.5) is 10.1 Å².